The van der Waals surface area contributed by atoms with Crippen LogP contribution in [0.3, 0.4) is 0 Å². The van der Waals surface area contributed by atoms with E-state index in [4.69, 9.17) is 4.74 Å². The molecule has 0 aromatic heterocycles. The first kappa shape index (κ1) is 11.5. The van der Waals surface area contributed by atoms with Gasteiger partial charge in [0.2, 0.25) is 0 Å². The quantitative estimate of drug-likeness (QED) is 0.811. The van der Waals surface area contributed by atoms with Gasteiger partial charge in [0, 0.05) is 6.54 Å². The Morgan fingerprint density at radius 1 is 0.944 bits per heavy atom. The molecule has 1 aliphatic heterocycles. The van der Waals surface area contributed by atoms with Gasteiger partial charge in [-0.1, -0.05) is 60.7 Å². The van der Waals surface area contributed by atoms with Gasteiger partial charge in [-0.05, 0) is 11.1 Å². The molecular weight excluding hydrogens is 222 g/mol. The van der Waals surface area contributed by atoms with Crippen molar-refractivity contribution in [2.45, 2.75) is 12.1 Å². The number of hydrogen-bond acceptors (Lipinski definition) is 2. The average molecular weight is 239 g/mol. The lowest BCUT2D eigenvalue weighted by molar-refractivity contribution is 0.390. The van der Waals surface area contributed by atoms with Crippen LogP contribution in [0.15, 0.2) is 60.7 Å². The Balaban J connectivity index is 1.83. The number of ether oxygens (including phenoxy) is 1. The Bertz CT molecular complexity index is 439. The molecule has 1 heterocycles. The first-order valence-electron chi connectivity index (χ1n) is 6.38. The van der Waals surface area contributed by atoms with E-state index in [0.717, 1.165) is 13.2 Å². The number of epoxide rings is 1. The molecule has 18 heavy (non-hydrogen) atoms. The molecule has 0 radical (unpaired) electrons. The molecule has 3 rings (SSSR count). The fraction of sp³-hybridized carbons (Fsp3) is 0.250. The van der Waals surface area contributed by atoms with Crippen molar-refractivity contribution >= 4 is 0 Å². The van der Waals surface area contributed by atoms with E-state index in [1.165, 1.54) is 11.1 Å². The summed E-state index contributed by atoms with van der Waals surface area (Å²) >= 11 is 0. The van der Waals surface area contributed by atoms with Crippen LogP contribution < -0.4 is 5.32 Å². The molecule has 0 saturated carbocycles. The topological polar surface area (TPSA) is 24.6 Å². The molecule has 1 aliphatic rings. The number of nitrogens with one attached hydrogen (secondary N) is 1. The Kier molecular flexibility index (Phi) is 3.40. The van der Waals surface area contributed by atoms with E-state index in [0.29, 0.717) is 6.10 Å². The smallest absolute Gasteiger partial charge is 0.0934 e. The van der Waals surface area contributed by atoms with Gasteiger partial charge < -0.3 is 10.1 Å². The normalized spacial score (nSPS) is 17.9. The summed E-state index contributed by atoms with van der Waals surface area (Å²) in [6.45, 7) is 1.80. The number of benzene rings is 2. The first-order valence-corrected chi connectivity index (χ1v) is 6.38. The van der Waals surface area contributed by atoms with Crippen LogP contribution in [-0.4, -0.2) is 19.3 Å². The summed E-state index contributed by atoms with van der Waals surface area (Å²) < 4.78 is 5.27. The van der Waals surface area contributed by atoms with E-state index >= 15 is 0 Å². The molecule has 2 aromatic rings. The van der Waals surface area contributed by atoms with Gasteiger partial charge in [0.25, 0.3) is 0 Å². The average Bonchev–Trinajstić information content (AvgIpc) is 3.26. The van der Waals surface area contributed by atoms with Gasteiger partial charge in [0.15, 0.2) is 0 Å². The second-order valence-corrected chi connectivity index (χ2v) is 4.62. The maximum atomic E-state index is 5.27. The van der Waals surface area contributed by atoms with E-state index in [-0.39, 0.29) is 6.04 Å². The van der Waals surface area contributed by atoms with Crippen molar-refractivity contribution in [1.82, 2.24) is 5.32 Å². The summed E-state index contributed by atoms with van der Waals surface area (Å²) in [5.41, 5.74) is 2.59. The van der Waals surface area contributed by atoms with E-state index < -0.39 is 0 Å². The van der Waals surface area contributed by atoms with Gasteiger partial charge in [-0.2, -0.15) is 0 Å². The van der Waals surface area contributed by atoms with Crippen LogP contribution in [0.5, 0.6) is 0 Å². The van der Waals surface area contributed by atoms with E-state index in [1.807, 2.05) is 0 Å². The van der Waals surface area contributed by atoms with Gasteiger partial charge in [0.05, 0.1) is 18.8 Å². The van der Waals surface area contributed by atoms with Crippen molar-refractivity contribution in [2.75, 3.05) is 13.2 Å². The highest BCUT2D eigenvalue weighted by Gasteiger charge is 2.24. The van der Waals surface area contributed by atoms with Crippen molar-refractivity contribution < 1.29 is 4.74 Å². The third-order valence-electron chi connectivity index (χ3n) is 3.22. The molecule has 0 bridgehead atoms. The maximum absolute atomic E-state index is 5.27. The molecule has 0 spiro atoms. The fourth-order valence-corrected chi connectivity index (χ4v) is 2.15. The Hall–Kier alpha value is -1.64. The summed E-state index contributed by atoms with van der Waals surface area (Å²) in [4.78, 5) is 0. The lowest BCUT2D eigenvalue weighted by atomic mass is 9.99. The summed E-state index contributed by atoms with van der Waals surface area (Å²) in [6.07, 6.45) is 0.403. The van der Waals surface area contributed by atoms with Crippen LogP contribution in [0.1, 0.15) is 17.2 Å². The lowest BCUT2D eigenvalue weighted by Gasteiger charge is -2.19. The van der Waals surface area contributed by atoms with E-state index in [1.54, 1.807) is 0 Å². The third kappa shape index (κ3) is 2.78. The first-order chi connectivity index (χ1) is 8.93. The molecule has 2 heteroatoms. The predicted octanol–water partition coefficient (Wildman–Crippen LogP) is 2.76. The Morgan fingerprint density at radius 3 is 1.89 bits per heavy atom. The second kappa shape index (κ2) is 5.34. The molecule has 1 unspecified atom stereocenters. The number of rotatable bonds is 5. The standard InChI is InChI=1S/C16H17NO/c1-3-7-13(8-4-1)16(17-11-15-12-18-15)14-9-5-2-6-10-14/h1-10,15-17H,11-12H2. The Labute approximate surface area is 108 Å². The van der Waals surface area contributed by atoms with Gasteiger partial charge >= 0.3 is 0 Å². The highest BCUT2D eigenvalue weighted by Crippen LogP contribution is 2.22. The van der Waals surface area contributed by atoms with Gasteiger partial charge in [0.1, 0.15) is 0 Å². The molecule has 2 nitrogen and oxygen atoms in total. The zero-order chi connectivity index (χ0) is 12.2. The zero-order valence-electron chi connectivity index (χ0n) is 10.3. The molecule has 1 atom stereocenters. The van der Waals surface area contributed by atoms with Gasteiger partial charge in [-0.3, -0.25) is 0 Å². The van der Waals surface area contributed by atoms with Crippen LogP contribution in [0.2, 0.25) is 0 Å². The Morgan fingerprint density at radius 2 is 1.44 bits per heavy atom. The molecule has 1 fully saturated rings. The largest absolute Gasteiger partial charge is 0.372 e. The van der Waals surface area contributed by atoms with E-state index in [2.05, 4.69) is 66.0 Å². The highest BCUT2D eigenvalue weighted by molar-refractivity contribution is 5.31. The molecule has 92 valence electrons. The van der Waals surface area contributed by atoms with Gasteiger partial charge in [-0.15, -0.1) is 0 Å². The summed E-state index contributed by atoms with van der Waals surface area (Å²) in [7, 11) is 0. The third-order valence-corrected chi connectivity index (χ3v) is 3.22. The fourth-order valence-electron chi connectivity index (χ4n) is 2.15. The van der Waals surface area contributed by atoms with Crippen LogP contribution in [0, 0.1) is 0 Å². The molecule has 1 N–H and O–H groups in total. The molecule has 2 aromatic carbocycles. The SMILES string of the molecule is c1ccc(C(NCC2CO2)c2ccccc2)cc1. The minimum absolute atomic E-state index is 0.247. The molecular formula is C16H17NO. The predicted molar refractivity (Wildman–Crippen MR) is 72.5 cm³/mol. The van der Waals surface area contributed by atoms with Crippen molar-refractivity contribution in [3.8, 4) is 0 Å². The lowest BCUT2D eigenvalue weighted by Crippen LogP contribution is -2.26. The summed E-state index contributed by atoms with van der Waals surface area (Å²) in [5, 5.41) is 3.59. The van der Waals surface area contributed by atoms with Crippen molar-refractivity contribution in [3.05, 3.63) is 71.8 Å². The van der Waals surface area contributed by atoms with Crippen molar-refractivity contribution in [2.24, 2.45) is 0 Å². The summed E-state index contributed by atoms with van der Waals surface area (Å²) in [6, 6.07) is 21.3. The monoisotopic (exact) mass is 239 g/mol. The van der Waals surface area contributed by atoms with Crippen LogP contribution >= 0.6 is 0 Å². The summed E-state index contributed by atoms with van der Waals surface area (Å²) in [5.74, 6) is 0. The van der Waals surface area contributed by atoms with Crippen LogP contribution in [0.25, 0.3) is 0 Å². The molecule has 1 saturated heterocycles. The minimum atomic E-state index is 0.247. The highest BCUT2D eigenvalue weighted by atomic mass is 16.6. The van der Waals surface area contributed by atoms with Crippen LogP contribution in [-0.2, 0) is 4.74 Å². The minimum Gasteiger partial charge on any atom is -0.372 e. The number of hydrogen-bond donors (Lipinski definition) is 1. The van der Waals surface area contributed by atoms with Crippen molar-refractivity contribution in [3.63, 3.8) is 0 Å². The second-order valence-electron chi connectivity index (χ2n) is 4.62. The van der Waals surface area contributed by atoms with Gasteiger partial charge in [-0.25, -0.2) is 0 Å². The molecule has 0 aliphatic carbocycles. The van der Waals surface area contributed by atoms with E-state index in [9.17, 15) is 0 Å². The van der Waals surface area contributed by atoms with Crippen molar-refractivity contribution in [1.29, 1.82) is 0 Å². The zero-order valence-corrected chi connectivity index (χ0v) is 10.3. The molecule has 0 amide bonds. The maximum Gasteiger partial charge on any atom is 0.0934 e. The van der Waals surface area contributed by atoms with Crippen LogP contribution in [0.4, 0.5) is 0 Å².